The summed E-state index contributed by atoms with van der Waals surface area (Å²) >= 11 is 0. The first-order valence-electron chi connectivity index (χ1n) is 3.91. The molecule has 1 aliphatic rings. The second kappa shape index (κ2) is 3.04. The lowest BCUT2D eigenvalue weighted by molar-refractivity contribution is -0.124. The van der Waals surface area contributed by atoms with Crippen LogP contribution in [-0.2, 0) is 4.79 Å². The number of carbonyl (C=O) groups is 1. The highest BCUT2D eigenvalue weighted by Gasteiger charge is 2.22. The first-order chi connectivity index (χ1) is 4.70. The molecule has 0 spiro atoms. The zero-order valence-corrected chi connectivity index (χ0v) is 6.63. The standard InChI is InChI=1S/C8H14NO/c1-6(2)8(10)9-5-7-3-4-7/h6-7H,3-5H2,1-2H3. The van der Waals surface area contributed by atoms with Gasteiger partial charge in [-0.1, -0.05) is 13.8 Å². The molecule has 2 nitrogen and oxygen atoms in total. The van der Waals surface area contributed by atoms with Crippen LogP contribution in [0.1, 0.15) is 26.7 Å². The fraction of sp³-hybridized carbons (Fsp3) is 0.875. The number of hydrogen-bond donors (Lipinski definition) is 0. The van der Waals surface area contributed by atoms with Gasteiger partial charge in [-0.05, 0) is 18.8 Å². The summed E-state index contributed by atoms with van der Waals surface area (Å²) < 4.78 is 0. The van der Waals surface area contributed by atoms with Crippen LogP contribution < -0.4 is 5.32 Å². The maximum atomic E-state index is 10.9. The van der Waals surface area contributed by atoms with Gasteiger partial charge >= 0.3 is 0 Å². The van der Waals surface area contributed by atoms with Crippen molar-refractivity contribution in [1.29, 1.82) is 0 Å². The van der Waals surface area contributed by atoms with E-state index in [2.05, 4.69) is 5.32 Å². The monoisotopic (exact) mass is 140 g/mol. The second-order valence-electron chi connectivity index (χ2n) is 3.28. The predicted octanol–water partition coefficient (Wildman–Crippen LogP) is 1.18. The van der Waals surface area contributed by atoms with E-state index in [1.165, 1.54) is 12.8 Å². The van der Waals surface area contributed by atoms with E-state index in [1.54, 1.807) is 0 Å². The van der Waals surface area contributed by atoms with Crippen LogP contribution in [0.2, 0.25) is 0 Å². The van der Waals surface area contributed by atoms with Gasteiger partial charge < -0.3 is 0 Å². The summed E-state index contributed by atoms with van der Waals surface area (Å²) in [5.41, 5.74) is 0. The van der Waals surface area contributed by atoms with Crippen molar-refractivity contribution in [2.75, 3.05) is 6.54 Å². The van der Waals surface area contributed by atoms with Crippen LogP contribution in [0.15, 0.2) is 0 Å². The van der Waals surface area contributed by atoms with Crippen LogP contribution in [0.25, 0.3) is 0 Å². The van der Waals surface area contributed by atoms with E-state index in [-0.39, 0.29) is 11.8 Å². The average molecular weight is 140 g/mol. The Labute approximate surface area is 62.0 Å². The first-order valence-corrected chi connectivity index (χ1v) is 3.91. The number of hydrogen-bond acceptors (Lipinski definition) is 1. The third kappa shape index (κ3) is 2.38. The maximum Gasteiger partial charge on any atom is 0.243 e. The lowest BCUT2D eigenvalue weighted by Crippen LogP contribution is -2.22. The van der Waals surface area contributed by atoms with E-state index in [9.17, 15) is 4.79 Å². The minimum absolute atomic E-state index is 0.0619. The molecule has 1 saturated carbocycles. The molecule has 0 aromatic heterocycles. The van der Waals surface area contributed by atoms with Crippen LogP contribution in [0.5, 0.6) is 0 Å². The highest BCUT2D eigenvalue weighted by atomic mass is 16.1. The van der Waals surface area contributed by atoms with E-state index in [0.29, 0.717) is 0 Å². The Morgan fingerprint density at radius 2 is 2.20 bits per heavy atom. The third-order valence-electron chi connectivity index (χ3n) is 1.70. The summed E-state index contributed by atoms with van der Waals surface area (Å²) in [6.45, 7) is 4.55. The van der Waals surface area contributed by atoms with Crippen molar-refractivity contribution >= 4 is 5.91 Å². The van der Waals surface area contributed by atoms with Crippen molar-refractivity contribution in [3.05, 3.63) is 0 Å². The molecule has 1 amide bonds. The summed E-state index contributed by atoms with van der Waals surface area (Å²) in [5.74, 6) is 0.883. The molecule has 1 rings (SSSR count). The summed E-state index contributed by atoms with van der Waals surface area (Å²) in [4.78, 5) is 10.9. The second-order valence-corrected chi connectivity index (χ2v) is 3.28. The van der Waals surface area contributed by atoms with Gasteiger partial charge in [-0.3, -0.25) is 10.1 Å². The topological polar surface area (TPSA) is 31.2 Å². The Bertz CT molecular complexity index is 127. The lowest BCUT2D eigenvalue weighted by Gasteiger charge is -2.01. The first kappa shape index (κ1) is 7.58. The molecule has 0 N–H and O–H groups in total. The van der Waals surface area contributed by atoms with Crippen molar-refractivity contribution < 1.29 is 4.79 Å². The Kier molecular flexibility index (Phi) is 2.30. The summed E-state index contributed by atoms with van der Waals surface area (Å²) in [6.07, 6.45) is 2.55. The van der Waals surface area contributed by atoms with Crippen LogP contribution in [0, 0.1) is 11.8 Å². The average Bonchev–Trinajstić information content (AvgIpc) is 2.64. The van der Waals surface area contributed by atoms with Gasteiger partial charge in [0.2, 0.25) is 5.91 Å². The number of nitrogens with zero attached hydrogens (tertiary/aromatic N) is 1. The fourth-order valence-corrected chi connectivity index (χ4v) is 0.702. The molecule has 57 valence electrons. The van der Waals surface area contributed by atoms with Crippen molar-refractivity contribution in [1.82, 2.24) is 5.32 Å². The van der Waals surface area contributed by atoms with Gasteiger partial charge in [-0.25, -0.2) is 0 Å². The van der Waals surface area contributed by atoms with E-state index in [1.807, 2.05) is 13.8 Å². The van der Waals surface area contributed by atoms with Crippen LogP contribution in [0.4, 0.5) is 0 Å². The van der Waals surface area contributed by atoms with E-state index in [0.717, 1.165) is 12.5 Å². The molecule has 1 fully saturated rings. The molecule has 0 unspecified atom stereocenters. The molecule has 0 atom stereocenters. The number of amides is 1. The minimum atomic E-state index is 0.0619. The van der Waals surface area contributed by atoms with E-state index >= 15 is 0 Å². The molecule has 1 radical (unpaired) electrons. The lowest BCUT2D eigenvalue weighted by atomic mass is 10.2. The predicted molar refractivity (Wildman–Crippen MR) is 39.6 cm³/mol. The van der Waals surface area contributed by atoms with Gasteiger partial charge in [0.1, 0.15) is 0 Å². The van der Waals surface area contributed by atoms with Crippen LogP contribution in [-0.4, -0.2) is 12.5 Å². The van der Waals surface area contributed by atoms with Gasteiger partial charge in [0, 0.05) is 12.5 Å². The molecule has 2 heteroatoms. The fourth-order valence-electron chi connectivity index (χ4n) is 0.702. The Morgan fingerprint density at radius 1 is 1.60 bits per heavy atom. The van der Waals surface area contributed by atoms with Crippen LogP contribution >= 0.6 is 0 Å². The molecule has 0 aromatic rings. The van der Waals surface area contributed by atoms with Crippen molar-refractivity contribution in [3.8, 4) is 0 Å². The highest BCUT2D eigenvalue weighted by Crippen LogP contribution is 2.27. The highest BCUT2D eigenvalue weighted by molar-refractivity contribution is 5.77. The molecule has 0 saturated heterocycles. The van der Waals surface area contributed by atoms with Crippen molar-refractivity contribution in [3.63, 3.8) is 0 Å². The maximum absolute atomic E-state index is 10.9. The minimum Gasteiger partial charge on any atom is -0.273 e. The molecule has 1 aliphatic carbocycles. The Balaban J connectivity index is 2.05. The van der Waals surface area contributed by atoms with E-state index in [4.69, 9.17) is 0 Å². The van der Waals surface area contributed by atoms with Crippen LogP contribution in [0.3, 0.4) is 0 Å². The normalized spacial score (nSPS) is 17.5. The smallest absolute Gasteiger partial charge is 0.243 e. The number of rotatable bonds is 3. The molecule has 10 heavy (non-hydrogen) atoms. The van der Waals surface area contributed by atoms with Gasteiger partial charge in [0.25, 0.3) is 0 Å². The van der Waals surface area contributed by atoms with Gasteiger partial charge in [-0.2, -0.15) is 0 Å². The number of carbonyl (C=O) groups excluding carboxylic acids is 1. The van der Waals surface area contributed by atoms with Gasteiger partial charge in [0.15, 0.2) is 0 Å². The largest absolute Gasteiger partial charge is 0.273 e. The van der Waals surface area contributed by atoms with Gasteiger partial charge in [-0.15, -0.1) is 0 Å². The zero-order chi connectivity index (χ0) is 7.56. The molecular formula is C8H14NO. The molecule has 0 heterocycles. The van der Waals surface area contributed by atoms with Gasteiger partial charge in [0.05, 0.1) is 0 Å². The van der Waals surface area contributed by atoms with Crippen molar-refractivity contribution in [2.24, 2.45) is 11.8 Å². The molecule has 0 aromatic carbocycles. The van der Waals surface area contributed by atoms with E-state index < -0.39 is 0 Å². The zero-order valence-electron chi connectivity index (χ0n) is 6.63. The quantitative estimate of drug-likeness (QED) is 0.579. The third-order valence-corrected chi connectivity index (χ3v) is 1.70. The summed E-state index contributed by atoms with van der Waals surface area (Å²) in [6, 6.07) is 0. The SMILES string of the molecule is CC(C)C(=O)[N]CC1CC1. The molecule has 0 aliphatic heterocycles. The molecule has 0 bridgehead atoms. The summed E-state index contributed by atoms with van der Waals surface area (Å²) in [7, 11) is 0. The van der Waals surface area contributed by atoms with Crippen molar-refractivity contribution in [2.45, 2.75) is 26.7 Å². The Hall–Kier alpha value is -0.530. The summed E-state index contributed by atoms with van der Waals surface area (Å²) in [5, 5.41) is 3.95. The molecular weight excluding hydrogens is 126 g/mol. The Morgan fingerprint density at radius 3 is 2.60 bits per heavy atom.